The van der Waals surface area contributed by atoms with E-state index in [0.717, 1.165) is 17.7 Å². The Hall–Kier alpha value is -2.10. The summed E-state index contributed by atoms with van der Waals surface area (Å²) in [5, 5.41) is 8.44. The fraction of sp³-hybridized carbons (Fsp3) is 0.231. The van der Waals surface area contributed by atoms with Crippen LogP contribution in [-0.4, -0.2) is 28.9 Å². The fourth-order valence-electron chi connectivity index (χ4n) is 1.41. The van der Waals surface area contributed by atoms with Crippen molar-refractivity contribution in [2.45, 2.75) is 13.0 Å². The zero-order chi connectivity index (χ0) is 12.8. The molecule has 0 spiro atoms. The molecule has 4 nitrogen and oxygen atoms in total. The number of amides is 1. The molecular weight excluding hydrogens is 218 g/mol. The van der Waals surface area contributed by atoms with E-state index >= 15 is 0 Å². The zero-order valence-electron chi connectivity index (χ0n) is 9.83. The van der Waals surface area contributed by atoms with Crippen LogP contribution in [0.4, 0.5) is 0 Å². The maximum Gasteiger partial charge on any atom is 0.328 e. The summed E-state index contributed by atoms with van der Waals surface area (Å²) in [6.45, 7) is 1.89. The Balaban J connectivity index is 2.73. The van der Waals surface area contributed by atoms with Gasteiger partial charge in [-0.05, 0) is 12.5 Å². The molecule has 1 aromatic rings. The smallest absolute Gasteiger partial charge is 0.328 e. The summed E-state index contributed by atoms with van der Waals surface area (Å²) in [6, 6.07) is 9.46. The quantitative estimate of drug-likeness (QED) is 0.807. The average Bonchev–Trinajstić information content (AvgIpc) is 2.35. The summed E-state index contributed by atoms with van der Waals surface area (Å²) in [6.07, 6.45) is 1.90. The first-order chi connectivity index (χ1) is 8.02. The lowest BCUT2D eigenvalue weighted by Gasteiger charge is -2.24. The van der Waals surface area contributed by atoms with Crippen molar-refractivity contribution in [3.8, 4) is 0 Å². The van der Waals surface area contributed by atoms with Crippen molar-refractivity contribution in [3.63, 3.8) is 0 Å². The van der Waals surface area contributed by atoms with Crippen molar-refractivity contribution >= 4 is 11.9 Å². The van der Waals surface area contributed by atoms with Gasteiger partial charge in [-0.15, -0.1) is 0 Å². The van der Waals surface area contributed by atoms with E-state index in [-0.39, 0.29) is 11.9 Å². The first-order valence-corrected chi connectivity index (χ1v) is 5.25. The molecule has 1 rings (SSSR count). The monoisotopic (exact) mass is 233 g/mol. The summed E-state index contributed by atoms with van der Waals surface area (Å²) in [5.41, 5.74) is 1.01. The van der Waals surface area contributed by atoms with Gasteiger partial charge in [-0.1, -0.05) is 30.3 Å². The van der Waals surface area contributed by atoms with Gasteiger partial charge >= 0.3 is 5.97 Å². The number of carboxylic acids is 1. The van der Waals surface area contributed by atoms with Crippen LogP contribution in [-0.2, 0) is 9.59 Å². The SMILES string of the molecule is CC(c1ccccc1)N(C)C(=O)/C=C/C(=O)O. The molecular formula is C13H15NO3. The van der Waals surface area contributed by atoms with Crippen molar-refractivity contribution in [2.24, 2.45) is 0 Å². The van der Waals surface area contributed by atoms with Crippen LogP contribution in [0.2, 0.25) is 0 Å². The minimum absolute atomic E-state index is 0.0952. The number of hydrogen-bond acceptors (Lipinski definition) is 2. The van der Waals surface area contributed by atoms with Crippen LogP contribution in [0.25, 0.3) is 0 Å². The van der Waals surface area contributed by atoms with Crippen LogP contribution in [0.1, 0.15) is 18.5 Å². The molecule has 0 aromatic heterocycles. The number of carbonyl (C=O) groups excluding carboxylic acids is 1. The average molecular weight is 233 g/mol. The Kier molecular flexibility index (Phi) is 4.46. The van der Waals surface area contributed by atoms with E-state index in [4.69, 9.17) is 5.11 Å². The van der Waals surface area contributed by atoms with Crippen LogP contribution >= 0.6 is 0 Å². The largest absolute Gasteiger partial charge is 0.478 e. The molecule has 1 atom stereocenters. The highest BCUT2D eigenvalue weighted by atomic mass is 16.4. The maximum atomic E-state index is 11.6. The molecule has 0 saturated carbocycles. The first-order valence-electron chi connectivity index (χ1n) is 5.25. The number of hydrogen-bond donors (Lipinski definition) is 1. The normalized spacial score (nSPS) is 12.4. The maximum absolute atomic E-state index is 11.6. The molecule has 1 unspecified atom stereocenters. The molecule has 0 heterocycles. The Morgan fingerprint density at radius 1 is 1.24 bits per heavy atom. The van der Waals surface area contributed by atoms with Gasteiger partial charge in [0.25, 0.3) is 0 Å². The van der Waals surface area contributed by atoms with E-state index in [9.17, 15) is 9.59 Å². The van der Waals surface area contributed by atoms with Gasteiger partial charge in [0.2, 0.25) is 5.91 Å². The van der Waals surface area contributed by atoms with Crippen LogP contribution in [0, 0.1) is 0 Å². The first kappa shape index (κ1) is 13.0. The molecule has 17 heavy (non-hydrogen) atoms. The topological polar surface area (TPSA) is 57.6 Å². The number of aliphatic carboxylic acids is 1. The summed E-state index contributed by atoms with van der Waals surface area (Å²) >= 11 is 0. The van der Waals surface area contributed by atoms with Crippen LogP contribution in [0.3, 0.4) is 0 Å². The molecule has 1 aromatic carbocycles. The lowest BCUT2D eigenvalue weighted by molar-refractivity contribution is -0.132. The van der Waals surface area contributed by atoms with Gasteiger partial charge < -0.3 is 10.0 Å². The highest BCUT2D eigenvalue weighted by Gasteiger charge is 2.14. The molecule has 0 bridgehead atoms. The molecule has 0 aliphatic carbocycles. The predicted octanol–water partition coefficient (Wildman–Crippen LogP) is 1.85. The van der Waals surface area contributed by atoms with E-state index < -0.39 is 5.97 Å². The van der Waals surface area contributed by atoms with Crippen LogP contribution in [0.5, 0.6) is 0 Å². The molecule has 0 radical (unpaired) electrons. The second-order valence-electron chi connectivity index (χ2n) is 3.71. The Morgan fingerprint density at radius 2 is 1.82 bits per heavy atom. The van der Waals surface area contributed by atoms with E-state index in [1.165, 1.54) is 4.90 Å². The number of carboxylic acid groups (broad SMARTS) is 1. The third-order valence-electron chi connectivity index (χ3n) is 2.58. The minimum atomic E-state index is -1.13. The third kappa shape index (κ3) is 3.75. The lowest BCUT2D eigenvalue weighted by Crippen LogP contribution is -2.28. The third-order valence-corrected chi connectivity index (χ3v) is 2.58. The molecule has 1 amide bonds. The van der Waals surface area contributed by atoms with Crippen molar-refractivity contribution in [1.82, 2.24) is 4.90 Å². The van der Waals surface area contributed by atoms with E-state index in [0.29, 0.717) is 0 Å². The van der Waals surface area contributed by atoms with Gasteiger partial charge in [0, 0.05) is 19.2 Å². The Labute approximate surface area is 100 Å². The zero-order valence-corrected chi connectivity index (χ0v) is 9.83. The summed E-state index contributed by atoms with van der Waals surface area (Å²) in [7, 11) is 1.65. The summed E-state index contributed by atoms with van der Waals surface area (Å²) < 4.78 is 0. The summed E-state index contributed by atoms with van der Waals surface area (Å²) in [5.74, 6) is -1.46. The van der Waals surface area contributed by atoms with Gasteiger partial charge in [0.05, 0.1) is 6.04 Å². The van der Waals surface area contributed by atoms with E-state index in [2.05, 4.69) is 0 Å². The Bertz CT molecular complexity index is 426. The number of carbonyl (C=O) groups is 2. The Morgan fingerprint density at radius 3 is 2.35 bits per heavy atom. The number of rotatable bonds is 4. The molecule has 0 saturated heterocycles. The van der Waals surface area contributed by atoms with Crippen molar-refractivity contribution in [3.05, 3.63) is 48.0 Å². The van der Waals surface area contributed by atoms with Gasteiger partial charge in [-0.3, -0.25) is 4.79 Å². The van der Waals surface area contributed by atoms with Gasteiger partial charge in [0.1, 0.15) is 0 Å². The van der Waals surface area contributed by atoms with E-state index in [1.807, 2.05) is 37.3 Å². The number of likely N-dealkylation sites (N-methyl/N-ethyl adjacent to an activating group) is 1. The lowest BCUT2D eigenvalue weighted by atomic mass is 10.1. The van der Waals surface area contributed by atoms with Gasteiger partial charge in [0.15, 0.2) is 0 Å². The van der Waals surface area contributed by atoms with E-state index in [1.54, 1.807) is 7.05 Å². The molecule has 0 aliphatic rings. The van der Waals surface area contributed by atoms with Crippen molar-refractivity contribution < 1.29 is 14.7 Å². The molecule has 90 valence electrons. The van der Waals surface area contributed by atoms with Crippen molar-refractivity contribution in [2.75, 3.05) is 7.05 Å². The van der Waals surface area contributed by atoms with Gasteiger partial charge in [-0.25, -0.2) is 4.79 Å². The number of nitrogens with zero attached hydrogens (tertiary/aromatic N) is 1. The second kappa shape index (κ2) is 5.84. The minimum Gasteiger partial charge on any atom is -0.478 e. The number of benzene rings is 1. The van der Waals surface area contributed by atoms with Crippen LogP contribution in [0.15, 0.2) is 42.5 Å². The van der Waals surface area contributed by atoms with Crippen LogP contribution < -0.4 is 0 Å². The fourth-order valence-corrected chi connectivity index (χ4v) is 1.41. The predicted molar refractivity (Wildman–Crippen MR) is 64.4 cm³/mol. The highest BCUT2D eigenvalue weighted by Crippen LogP contribution is 2.18. The van der Waals surface area contributed by atoms with Crippen molar-refractivity contribution in [1.29, 1.82) is 0 Å². The standard InChI is InChI=1S/C13H15NO3/c1-10(11-6-4-3-5-7-11)14(2)12(15)8-9-13(16)17/h3-10H,1-2H3,(H,16,17)/b9-8+. The van der Waals surface area contributed by atoms with Gasteiger partial charge in [-0.2, -0.15) is 0 Å². The highest BCUT2D eigenvalue weighted by molar-refractivity contribution is 5.93. The molecule has 4 heteroatoms. The molecule has 0 aliphatic heterocycles. The molecule has 0 fully saturated rings. The second-order valence-corrected chi connectivity index (χ2v) is 3.71. The molecule has 1 N–H and O–H groups in total. The summed E-state index contributed by atoms with van der Waals surface area (Å²) in [4.78, 5) is 23.4.